The summed E-state index contributed by atoms with van der Waals surface area (Å²) in [5.41, 5.74) is 1.36. The molecule has 0 spiro atoms. The first-order chi connectivity index (χ1) is 36.3. The third-order valence-electron chi connectivity index (χ3n) is 19.8. The Labute approximate surface area is 452 Å². The van der Waals surface area contributed by atoms with Gasteiger partial charge in [-0.2, -0.15) is 0 Å². The van der Waals surface area contributed by atoms with Crippen molar-refractivity contribution >= 4 is 23.8 Å². The monoisotopic (exact) mass is 1040 g/mol. The van der Waals surface area contributed by atoms with Crippen LogP contribution in [0.5, 0.6) is 0 Å². The Morgan fingerprint density at radius 2 is 1.56 bits per heavy atom. The molecule has 4 aliphatic carbocycles. The van der Waals surface area contributed by atoms with Gasteiger partial charge in [0.05, 0.1) is 18.1 Å². The summed E-state index contributed by atoms with van der Waals surface area (Å²) in [5.74, 6) is 4.25. The molecule has 1 aliphatic heterocycles. The Morgan fingerprint density at radius 1 is 0.840 bits per heavy atom. The van der Waals surface area contributed by atoms with Gasteiger partial charge < -0.3 is 35.6 Å². The van der Waals surface area contributed by atoms with E-state index in [1.807, 2.05) is 19.0 Å². The van der Waals surface area contributed by atoms with Crippen molar-refractivity contribution in [2.24, 2.45) is 46.3 Å². The van der Waals surface area contributed by atoms with Crippen LogP contribution in [0.15, 0.2) is 37.1 Å². The topological polar surface area (TPSA) is 177 Å². The second-order valence-electron chi connectivity index (χ2n) is 24.9. The van der Waals surface area contributed by atoms with Gasteiger partial charge in [0.25, 0.3) is 0 Å². The van der Waals surface area contributed by atoms with Crippen LogP contribution in [0, 0.1) is 46.3 Å². The van der Waals surface area contributed by atoms with Crippen molar-refractivity contribution in [1.82, 2.24) is 45.7 Å². The van der Waals surface area contributed by atoms with Gasteiger partial charge in [-0.25, -0.2) is 14.8 Å². The molecule has 0 bridgehead atoms. The maximum atomic E-state index is 14.3. The number of hydrogen-bond donors (Lipinski definition) is 5. The van der Waals surface area contributed by atoms with E-state index in [0.29, 0.717) is 61.9 Å². The highest BCUT2D eigenvalue weighted by Gasteiger charge is 2.61. The number of carbonyl (C=O) groups excluding carboxylic acids is 4. The number of aromatic nitrogens is 4. The number of H-pyrrole nitrogens is 2. The molecule has 5 aliphatic rings. The average Bonchev–Trinajstić information content (AvgIpc) is 4.26. The van der Waals surface area contributed by atoms with Gasteiger partial charge in [-0.15, -0.1) is 0 Å². The first-order valence-corrected chi connectivity index (χ1v) is 30.4. The SMILES string of the molecule is CCCCCCCC/C=C\CCCCCCCCNC(=O)O[C@@H]1CC[C@@]2(C)C(CCC3C2CC[C@@]2(C)C3CC[C@@H]2[C@H](C)CCC(=O)N[C@H]2C[C@@H](C(=O)NCCc3ncc[nH]3)N(C(=O)C(Cc3c[nH]cn3)N(C)C)C2)C1. The van der Waals surface area contributed by atoms with Gasteiger partial charge in [0.2, 0.25) is 17.7 Å². The molecule has 12 atom stereocenters. The van der Waals surface area contributed by atoms with Crippen LogP contribution in [-0.2, 0) is 32.0 Å². The van der Waals surface area contributed by atoms with Gasteiger partial charge in [0, 0.05) is 63.5 Å². The fraction of sp³-hybridized carbons (Fsp3) is 0.803. The lowest BCUT2D eigenvalue weighted by molar-refractivity contribution is -0.142. The Morgan fingerprint density at radius 3 is 2.27 bits per heavy atom. The second kappa shape index (κ2) is 29.0. The van der Waals surface area contributed by atoms with E-state index in [1.165, 1.54) is 116 Å². The van der Waals surface area contributed by atoms with Gasteiger partial charge in [0.1, 0.15) is 18.0 Å². The largest absolute Gasteiger partial charge is 0.446 e. The molecule has 2 aromatic rings. The summed E-state index contributed by atoms with van der Waals surface area (Å²) in [6.07, 6.45) is 42.7. The van der Waals surface area contributed by atoms with Gasteiger partial charge in [-0.3, -0.25) is 19.3 Å². The lowest BCUT2D eigenvalue weighted by Gasteiger charge is -2.61. The molecule has 0 radical (unpaired) electrons. The Balaban J connectivity index is 0.806. The van der Waals surface area contributed by atoms with Gasteiger partial charge in [-0.05, 0) is 163 Å². The number of nitrogens with one attached hydrogen (secondary N) is 5. The number of fused-ring (bicyclic) bond motifs is 5. The highest BCUT2D eigenvalue weighted by Crippen LogP contribution is 2.68. The molecular weight excluding hydrogens is 939 g/mol. The summed E-state index contributed by atoms with van der Waals surface area (Å²) in [6, 6.07) is -1.52. The first kappa shape index (κ1) is 58.5. The second-order valence-corrected chi connectivity index (χ2v) is 24.9. The fourth-order valence-electron chi connectivity index (χ4n) is 15.5. The number of amides is 4. The zero-order valence-corrected chi connectivity index (χ0v) is 47.5. The summed E-state index contributed by atoms with van der Waals surface area (Å²) in [7, 11) is 3.75. The van der Waals surface area contributed by atoms with Gasteiger partial charge >= 0.3 is 6.09 Å². The van der Waals surface area contributed by atoms with Crippen molar-refractivity contribution < 1.29 is 23.9 Å². The van der Waals surface area contributed by atoms with E-state index < -0.39 is 12.1 Å². The quantitative estimate of drug-likeness (QED) is 0.0379. The van der Waals surface area contributed by atoms with Crippen LogP contribution >= 0.6 is 0 Å². The number of aromatic amines is 2. The summed E-state index contributed by atoms with van der Waals surface area (Å²) < 4.78 is 6.11. The lowest BCUT2D eigenvalue weighted by atomic mass is 9.44. The molecule has 3 heterocycles. The van der Waals surface area contributed by atoms with E-state index in [4.69, 9.17) is 4.74 Å². The van der Waals surface area contributed by atoms with Crippen LogP contribution in [0.2, 0.25) is 0 Å². The smallest absolute Gasteiger partial charge is 0.407 e. The standard InChI is InChI=1S/C61H101N9O5/c1-7-8-9-10-11-12-13-14-15-16-17-18-19-20-21-22-34-66-59(74)75-48-29-32-60(3)45(38-48)24-25-49-51-27-26-50(61(51,4)33-30-52(49)60)44(2)23-28-56(71)68-47-40-53(57(72)65-35-31-55-63-36-37-64-55)70(42-47)58(73)54(69(5)6)39-46-41-62-43-67-46/h14-15,36-37,41,43-45,47-54H,7-13,16-35,38-40,42H2,1-6H3,(H,62,67)(H,63,64)(H,65,72)(H,66,74)(H,68,71)/b15-14-/t44-,45?,47+,48-,49?,50-,51?,52?,53+,54?,60+,61-/m1/s1. The van der Waals surface area contributed by atoms with Crippen LogP contribution < -0.4 is 16.0 Å². The molecule has 2 aromatic heterocycles. The third-order valence-corrected chi connectivity index (χ3v) is 19.8. The molecule has 1 saturated heterocycles. The van der Waals surface area contributed by atoms with E-state index in [9.17, 15) is 19.2 Å². The van der Waals surface area contributed by atoms with Gasteiger partial charge in [0.15, 0.2) is 0 Å². The number of alkyl carbamates (subject to hydrolysis) is 1. The molecule has 0 aromatic carbocycles. The van der Waals surface area contributed by atoms with E-state index in [0.717, 1.165) is 67.8 Å². The molecule has 75 heavy (non-hydrogen) atoms. The Bertz CT molecular complexity index is 2060. The van der Waals surface area contributed by atoms with Crippen molar-refractivity contribution in [3.05, 3.63) is 48.6 Å². The van der Waals surface area contributed by atoms with E-state index >= 15 is 0 Å². The summed E-state index contributed by atoms with van der Waals surface area (Å²) >= 11 is 0. The van der Waals surface area contributed by atoms with Crippen LogP contribution in [0.3, 0.4) is 0 Å². The first-order valence-electron chi connectivity index (χ1n) is 30.4. The number of unbranched alkanes of at least 4 members (excludes halogenated alkanes) is 12. The van der Waals surface area contributed by atoms with Crippen LogP contribution in [0.1, 0.15) is 206 Å². The molecular formula is C61H101N9O5. The summed E-state index contributed by atoms with van der Waals surface area (Å²) in [4.78, 5) is 73.1. The number of hydrogen-bond acceptors (Lipinski definition) is 8. The maximum Gasteiger partial charge on any atom is 0.407 e. The highest BCUT2D eigenvalue weighted by atomic mass is 16.6. The molecule has 5 fully saturated rings. The predicted octanol–water partition coefficient (Wildman–Crippen LogP) is 11.3. The predicted molar refractivity (Wildman–Crippen MR) is 298 cm³/mol. The zero-order chi connectivity index (χ0) is 53.2. The zero-order valence-electron chi connectivity index (χ0n) is 47.5. The van der Waals surface area contributed by atoms with Crippen molar-refractivity contribution in [2.45, 2.75) is 232 Å². The molecule has 5 unspecified atom stereocenters. The van der Waals surface area contributed by atoms with Crippen LogP contribution in [0.4, 0.5) is 4.79 Å². The van der Waals surface area contributed by atoms with Crippen molar-refractivity contribution in [1.29, 1.82) is 0 Å². The summed E-state index contributed by atoms with van der Waals surface area (Å²) in [6.45, 7) is 11.2. The molecule has 14 heteroatoms. The molecule has 420 valence electrons. The molecule has 5 N–H and O–H groups in total. The fourth-order valence-corrected chi connectivity index (χ4v) is 15.5. The van der Waals surface area contributed by atoms with Crippen molar-refractivity contribution in [3.8, 4) is 0 Å². The Hall–Kier alpha value is -4.20. The number of ether oxygens (including phenoxy) is 1. The minimum absolute atomic E-state index is 0.000677. The van der Waals surface area contributed by atoms with E-state index in [2.05, 4.69) is 75.7 Å². The average molecular weight is 1040 g/mol. The number of likely N-dealkylation sites (N-methyl/N-ethyl adjacent to an activating group) is 1. The number of rotatable bonds is 30. The minimum Gasteiger partial charge on any atom is -0.446 e. The van der Waals surface area contributed by atoms with Crippen molar-refractivity contribution in [2.75, 3.05) is 33.7 Å². The molecule has 14 nitrogen and oxygen atoms in total. The van der Waals surface area contributed by atoms with E-state index in [-0.39, 0.29) is 47.9 Å². The molecule has 4 saturated carbocycles. The van der Waals surface area contributed by atoms with Gasteiger partial charge in [-0.1, -0.05) is 97.6 Å². The summed E-state index contributed by atoms with van der Waals surface area (Å²) in [5, 5.41) is 9.40. The highest BCUT2D eigenvalue weighted by molar-refractivity contribution is 5.91. The molecule has 4 amide bonds. The normalized spacial score (nSPS) is 29.1. The number of imidazole rings is 2. The van der Waals surface area contributed by atoms with Crippen LogP contribution in [0.25, 0.3) is 0 Å². The van der Waals surface area contributed by atoms with Crippen molar-refractivity contribution in [3.63, 3.8) is 0 Å². The number of carbonyl (C=O) groups is 4. The number of allylic oxidation sites excluding steroid dienone is 2. The molecule has 7 rings (SSSR count). The number of likely N-dealkylation sites (tertiary alicyclic amines) is 1. The Kier molecular flexibility index (Phi) is 22.6. The maximum absolute atomic E-state index is 14.3. The minimum atomic E-state index is -0.695. The van der Waals surface area contributed by atoms with Crippen LogP contribution in [-0.4, -0.2) is 112 Å². The van der Waals surface area contributed by atoms with E-state index in [1.54, 1.807) is 29.8 Å². The lowest BCUT2D eigenvalue weighted by Crippen LogP contribution is -2.54. The third kappa shape index (κ3) is 16.0. The number of nitrogens with zero attached hydrogens (tertiary/aromatic N) is 4.